The average molecular weight is 300 g/mol. The lowest BCUT2D eigenvalue weighted by molar-refractivity contribution is -0.891. The summed E-state index contributed by atoms with van der Waals surface area (Å²) in [5.41, 5.74) is 2.35. The molecule has 0 saturated heterocycles. The van der Waals surface area contributed by atoms with Crippen LogP contribution in [0.2, 0.25) is 0 Å². The zero-order chi connectivity index (χ0) is 16.0. The van der Waals surface area contributed by atoms with Gasteiger partial charge in [0.2, 0.25) is 0 Å². The first kappa shape index (κ1) is 16.5. The highest BCUT2D eigenvalue weighted by Crippen LogP contribution is 2.22. The second kappa shape index (κ2) is 7.43. The number of rotatable bonds is 7. The molecule has 0 aliphatic heterocycles. The molecule has 1 atom stereocenters. The Balaban J connectivity index is 1.89. The molecule has 0 aliphatic rings. The van der Waals surface area contributed by atoms with E-state index in [0.29, 0.717) is 13.2 Å². The van der Waals surface area contributed by atoms with E-state index in [2.05, 4.69) is 33.2 Å². The van der Waals surface area contributed by atoms with Gasteiger partial charge in [0.25, 0.3) is 0 Å². The van der Waals surface area contributed by atoms with Gasteiger partial charge in [-0.25, -0.2) is 0 Å². The Labute approximate surface area is 133 Å². The molecule has 118 valence electrons. The van der Waals surface area contributed by atoms with Crippen LogP contribution in [0.3, 0.4) is 0 Å². The van der Waals surface area contributed by atoms with Crippen molar-refractivity contribution in [2.45, 2.75) is 13.0 Å². The van der Waals surface area contributed by atoms with Crippen LogP contribution in [0.4, 0.5) is 0 Å². The predicted octanol–water partition coefficient (Wildman–Crippen LogP) is 3.19. The summed E-state index contributed by atoms with van der Waals surface area (Å²) < 4.78 is 6.48. The maximum Gasteiger partial charge on any atom is 0.137 e. The minimum atomic E-state index is -0.455. The van der Waals surface area contributed by atoms with Crippen LogP contribution in [0.25, 0.3) is 11.1 Å². The number of aliphatic hydroxyl groups excluding tert-OH is 1. The van der Waals surface area contributed by atoms with Gasteiger partial charge in [0.15, 0.2) is 0 Å². The van der Waals surface area contributed by atoms with Gasteiger partial charge in [0.05, 0.1) is 20.6 Å². The first-order valence-corrected chi connectivity index (χ1v) is 7.78. The Morgan fingerprint density at radius 3 is 2.14 bits per heavy atom. The van der Waals surface area contributed by atoms with E-state index in [-0.39, 0.29) is 0 Å². The number of benzene rings is 2. The zero-order valence-corrected chi connectivity index (χ0v) is 13.7. The molecule has 0 aromatic heterocycles. The summed E-state index contributed by atoms with van der Waals surface area (Å²) in [5, 5.41) is 10.1. The Kier molecular flexibility index (Phi) is 5.58. The van der Waals surface area contributed by atoms with Crippen molar-refractivity contribution < 1.29 is 14.3 Å². The molecule has 0 bridgehead atoms. The van der Waals surface area contributed by atoms with E-state index in [1.807, 2.05) is 42.5 Å². The maximum absolute atomic E-state index is 10.1. The number of hydrogen-bond acceptors (Lipinski definition) is 2. The molecule has 0 radical (unpaired) electrons. The highest BCUT2D eigenvalue weighted by atomic mass is 16.5. The van der Waals surface area contributed by atoms with Crippen LogP contribution in [0.5, 0.6) is 5.75 Å². The van der Waals surface area contributed by atoms with Gasteiger partial charge in [-0.2, -0.15) is 0 Å². The largest absolute Gasteiger partial charge is 0.491 e. The second-order valence-corrected chi connectivity index (χ2v) is 6.29. The number of aliphatic hydroxyl groups is 1. The van der Waals surface area contributed by atoms with Gasteiger partial charge in [-0.15, -0.1) is 0 Å². The molecule has 2 aromatic rings. The monoisotopic (exact) mass is 300 g/mol. The molecular formula is C19H26NO2+. The summed E-state index contributed by atoms with van der Waals surface area (Å²) in [6.45, 7) is 4.13. The number of hydrogen-bond donors (Lipinski definition) is 1. The quantitative estimate of drug-likeness (QED) is 0.796. The Morgan fingerprint density at radius 1 is 0.955 bits per heavy atom. The summed E-state index contributed by atoms with van der Waals surface area (Å²) >= 11 is 0. The molecule has 0 spiro atoms. The van der Waals surface area contributed by atoms with Gasteiger partial charge in [-0.05, 0) is 30.2 Å². The molecule has 0 heterocycles. The Morgan fingerprint density at radius 2 is 1.55 bits per heavy atom. The minimum absolute atomic E-state index is 0.326. The number of ether oxygens (including phenoxy) is 1. The van der Waals surface area contributed by atoms with Crippen LogP contribution < -0.4 is 4.74 Å². The normalized spacial score (nSPS) is 12.9. The minimum Gasteiger partial charge on any atom is -0.491 e. The molecule has 0 saturated carbocycles. The Hall–Kier alpha value is -1.84. The van der Waals surface area contributed by atoms with E-state index in [9.17, 15) is 5.11 Å². The van der Waals surface area contributed by atoms with Crippen LogP contribution in [0.1, 0.15) is 6.92 Å². The first-order valence-electron chi connectivity index (χ1n) is 7.78. The van der Waals surface area contributed by atoms with Crippen LogP contribution in [-0.4, -0.2) is 49.5 Å². The predicted molar refractivity (Wildman–Crippen MR) is 90.9 cm³/mol. The molecular weight excluding hydrogens is 274 g/mol. The molecule has 0 unspecified atom stereocenters. The third-order valence-corrected chi connectivity index (χ3v) is 3.96. The van der Waals surface area contributed by atoms with Crippen molar-refractivity contribution in [2.75, 3.05) is 33.8 Å². The molecule has 22 heavy (non-hydrogen) atoms. The SMILES string of the molecule is CC[N+](C)(C)C[C@@H](O)COc1ccc(-c2ccccc2)cc1. The van der Waals surface area contributed by atoms with Gasteiger partial charge in [0, 0.05) is 0 Å². The summed E-state index contributed by atoms with van der Waals surface area (Å²) in [5.74, 6) is 0.792. The fourth-order valence-electron chi connectivity index (χ4n) is 2.32. The average Bonchev–Trinajstić information content (AvgIpc) is 2.54. The topological polar surface area (TPSA) is 29.5 Å². The second-order valence-electron chi connectivity index (χ2n) is 6.29. The molecule has 3 heteroatoms. The molecule has 3 nitrogen and oxygen atoms in total. The zero-order valence-electron chi connectivity index (χ0n) is 13.7. The fourth-order valence-corrected chi connectivity index (χ4v) is 2.32. The van der Waals surface area contributed by atoms with Gasteiger partial charge >= 0.3 is 0 Å². The first-order chi connectivity index (χ1) is 10.5. The van der Waals surface area contributed by atoms with Crippen LogP contribution >= 0.6 is 0 Å². The number of quaternary nitrogens is 1. The summed E-state index contributed by atoms with van der Waals surface area (Å²) in [4.78, 5) is 0. The van der Waals surface area contributed by atoms with Crippen molar-refractivity contribution in [1.82, 2.24) is 0 Å². The Bertz CT molecular complexity index is 564. The fraction of sp³-hybridized carbons (Fsp3) is 0.368. The highest BCUT2D eigenvalue weighted by molar-refractivity contribution is 5.63. The summed E-state index contributed by atoms with van der Waals surface area (Å²) in [6.07, 6.45) is -0.455. The van der Waals surface area contributed by atoms with Crippen molar-refractivity contribution >= 4 is 0 Å². The molecule has 2 rings (SSSR count). The third-order valence-electron chi connectivity index (χ3n) is 3.96. The summed E-state index contributed by atoms with van der Waals surface area (Å²) in [7, 11) is 4.22. The molecule has 0 fully saturated rings. The van der Waals surface area contributed by atoms with E-state index >= 15 is 0 Å². The van der Waals surface area contributed by atoms with Gasteiger partial charge in [-0.1, -0.05) is 42.5 Å². The van der Waals surface area contributed by atoms with Gasteiger partial charge in [0.1, 0.15) is 25.0 Å². The van der Waals surface area contributed by atoms with E-state index in [1.165, 1.54) is 5.56 Å². The lowest BCUT2D eigenvalue weighted by atomic mass is 10.1. The highest BCUT2D eigenvalue weighted by Gasteiger charge is 2.18. The van der Waals surface area contributed by atoms with Gasteiger partial charge < -0.3 is 14.3 Å². The van der Waals surface area contributed by atoms with Crippen molar-refractivity contribution in [3.05, 3.63) is 54.6 Å². The van der Waals surface area contributed by atoms with Crippen LogP contribution in [-0.2, 0) is 0 Å². The van der Waals surface area contributed by atoms with Crippen molar-refractivity contribution in [1.29, 1.82) is 0 Å². The summed E-state index contributed by atoms with van der Waals surface area (Å²) in [6, 6.07) is 18.2. The van der Waals surface area contributed by atoms with E-state index < -0.39 is 6.10 Å². The van der Waals surface area contributed by atoms with Crippen molar-refractivity contribution in [2.24, 2.45) is 0 Å². The maximum atomic E-state index is 10.1. The van der Waals surface area contributed by atoms with E-state index in [1.54, 1.807) is 0 Å². The lowest BCUT2D eigenvalue weighted by Gasteiger charge is -2.30. The van der Waals surface area contributed by atoms with Crippen LogP contribution in [0.15, 0.2) is 54.6 Å². The molecule has 2 aromatic carbocycles. The molecule has 0 amide bonds. The van der Waals surface area contributed by atoms with Crippen molar-refractivity contribution in [3.63, 3.8) is 0 Å². The number of likely N-dealkylation sites (N-methyl/N-ethyl adjacent to an activating group) is 1. The smallest absolute Gasteiger partial charge is 0.137 e. The van der Waals surface area contributed by atoms with E-state index in [0.717, 1.165) is 22.3 Å². The molecule has 1 N–H and O–H groups in total. The van der Waals surface area contributed by atoms with Gasteiger partial charge in [-0.3, -0.25) is 0 Å². The van der Waals surface area contributed by atoms with E-state index in [4.69, 9.17) is 4.74 Å². The lowest BCUT2D eigenvalue weighted by Crippen LogP contribution is -2.46. The van der Waals surface area contributed by atoms with Crippen molar-refractivity contribution in [3.8, 4) is 16.9 Å². The third kappa shape index (κ3) is 4.86. The van der Waals surface area contributed by atoms with Crippen LogP contribution in [0, 0.1) is 0 Å². The standard InChI is InChI=1S/C19H26NO2/c1-4-20(2,3)14-18(21)15-22-19-12-10-17(11-13-19)16-8-6-5-7-9-16/h5-13,18,21H,4,14-15H2,1-3H3/q+1/t18-/m1/s1. The molecule has 0 aliphatic carbocycles. The number of nitrogens with zero attached hydrogens (tertiary/aromatic N) is 1.